The Morgan fingerprint density at radius 3 is 2.79 bits per heavy atom. The lowest BCUT2D eigenvalue weighted by Crippen LogP contribution is -2.71. The molecule has 0 unspecified atom stereocenters. The molecule has 0 aliphatic carbocycles. The van der Waals surface area contributed by atoms with Gasteiger partial charge in [-0.15, -0.1) is 10.2 Å². The Morgan fingerprint density at radius 2 is 2.00 bits per heavy atom. The Morgan fingerprint density at radius 1 is 1.14 bits per heavy atom. The monoisotopic (exact) mass is 405 g/mol. The fourth-order valence-electron chi connectivity index (χ4n) is 4.45. The van der Waals surface area contributed by atoms with E-state index in [1.165, 1.54) is 5.69 Å². The molecule has 2 aliphatic rings. The van der Waals surface area contributed by atoms with Crippen molar-refractivity contribution in [2.24, 2.45) is 5.41 Å². The van der Waals surface area contributed by atoms with Crippen LogP contribution in [0.1, 0.15) is 0 Å². The summed E-state index contributed by atoms with van der Waals surface area (Å²) in [6, 6.07) is 14.5. The van der Waals surface area contributed by atoms with Crippen molar-refractivity contribution < 1.29 is 0 Å². The fourth-order valence-corrected chi connectivity index (χ4v) is 4.61. The molecule has 8 heteroatoms. The molecule has 7 nitrogen and oxygen atoms in total. The summed E-state index contributed by atoms with van der Waals surface area (Å²) in [6.07, 6.45) is 1.67. The first kappa shape index (κ1) is 17.0. The summed E-state index contributed by atoms with van der Waals surface area (Å²) in [5.41, 5.74) is 3.77. The number of aromatic nitrogens is 4. The van der Waals surface area contributed by atoms with Gasteiger partial charge in [0.05, 0.1) is 5.52 Å². The minimum Gasteiger partial charge on any atom is -0.370 e. The molecule has 2 saturated heterocycles. The molecule has 2 aromatic carbocycles. The Hall–Kier alpha value is -2.90. The van der Waals surface area contributed by atoms with Crippen molar-refractivity contribution in [1.29, 1.82) is 0 Å². The van der Waals surface area contributed by atoms with E-state index in [1.807, 2.05) is 29.6 Å². The molecule has 29 heavy (non-hydrogen) atoms. The lowest BCUT2D eigenvalue weighted by molar-refractivity contribution is 0.121. The molecule has 146 valence electrons. The van der Waals surface area contributed by atoms with E-state index < -0.39 is 0 Å². The molecule has 4 aromatic rings. The first-order valence-electron chi connectivity index (χ1n) is 9.70. The Balaban J connectivity index is 1.40. The quantitative estimate of drug-likeness (QED) is 0.565. The largest absolute Gasteiger partial charge is 0.370 e. The molecule has 0 saturated carbocycles. The van der Waals surface area contributed by atoms with Crippen LogP contribution in [0.2, 0.25) is 5.02 Å². The topological polar surface area (TPSA) is 61.6 Å². The molecule has 2 fully saturated rings. The van der Waals surface area contributed by atoms with Gasteiger partial charge < -0.3 is 15.1 Å². The fraction of sp³-hybridized carbons (Fsp3) is 0.286. The summed E-state index contributed by atoms with van der Waals surface area (Å²) in [5.74, 6) is 1.39. The zero-order valence-corrected chi connectivity index (χ0v) is 16.8. The Bertz CT molecular complexity index is 1240. The molecule has 0 amide bonds. The van der Waals surface area contributed by atoms with E-state index in [2.05, 4.69) is 49.6 Å². The summed E-state index contributed by atoms with van der Waals surface area (Å²) in [5, 5.41) is 13.2. The minimum absolute atomic E-state index is 0.498. The first-order valence-corrected chi connectivity index (χ1v) is 10.1. The highest BCUT2D eigenvalue weighted by molar-refractivity contribution is 6.31. The van der Waals surface area contributed by atoms with Crippen LogP contribution in [0, 0.1) is 5.41 Å². The van der Waals surface area contributed by atoms with Gasteiger partial charge in [-0.1, -0.05) is 17.7 Å². The second-order valence-corrected chi connectivity index (χ2v) is 8.57. The van der Waals surface area contributed by atoms with Crippen LogP contribution in [-0.2, 0) is 0 Å². The maximum Gasteiger partial charge on any atom is 0.257 e. The number of anilines is 3. The Kier molecular flexibility index (Phi) is 3.54. The highest BCUT2D eigenvalue weighted by Crippen LogP contribution is 2.39. The molecule has 2 aliphatic heterocycles. The average molecular weight is 406 g/mol. The normalized spacial score (nSPS) is 17.5. The molecule has 6 rings (SSSR count). The van der Waals surface area contributed by atoms with Gasteiger partial charge in [0.25, 0.3) is 5.78 Å². The smallest absolute Gasteiger partial charge is 0.257 e. The number of hydrogen-bond donors (Lipinski definition) is 1. The van der Waals surface area contributed by atoms with Crippen LogP contribution >= 0.6 is 11.6 Å². The van der Waals surface area contributed by atoms with Gasteiger partial charge in [0.1, 0.15) is 12.1 Å². The maximum atomic E-state index is 6.25. The second-order valence-electron chi connectivity index (χ2n) is 8.14. The van der Waals surface area contributed by atoms with Gasteiger partial charge in [-0.3, -0.25) is 4.40 Å². The van der Waals surface area contributed by atoms with E-state index in [0.29, 0.717) is 16.2 Å². The van der Waals surface area contributed by atoms with E-state index in [1.54, 1.807) is 6.33 Å². The lowest BCUT2D eigenvalue weighted by Gasteiger charge is -2.57. The number of halogens is 1. The van der Waals surface area contributed by atoms with Crippen LogP contribution in [0.15, 0.2) is 48.8 Å². The van der Waals surface area contributed by atoms with Crippen molar-refractivity contribution in [3.8, 4) is 0 Å². The standard InChI is InChI=1S/C21H20ClN7/c1-27(15-3-2-4-16(8-15)28-11-21(12-28)9-23-10-21)19-17-6-5-14(22)7-18(17)29-13-24-26-20(29)25-19/h2-8,13,23H,9-12H2,1H3. The first-order chi connectivity index (χ1) is 14.1. The number of nitrogens with zero attached hydrogens (tertiary/aromatic N) is 6. The molecular weight excluding hydrogens is 386 g/mol. The number of rotatable bonds is 3. The van der Waals surface area contributed by atoms with Gasteiger partial charge in [0.15, 0.2) is 0 Å². The van der Waals surface area contributed by atoms with E-state index in [4.69, 9.17) is 16.6 Å². The molecule has 1 spiro atoms. The maximum absolute atomic E-state index is 6.25. The molecule has 2 aromatic heterocycles. The van der Waals surface area contributed by atoms with Crippen molar-refractivity contribution in [2.75, 3.05) is 43.0 Å². The lowest BCUT2D eigenvalue weighted by atomic mass is 9.74. The summed E-state index contributed by atoms with van der Waals surface area (Å²) < 4.78 is 1.86. The number of benzene rings is 2. The van der Waals surface area contributed by atoms with Crippen molar-refractivity contribution in [1.82, 2.24) is 24.9 Å². The van der Waals surface area contributed by atoms with Crippen molar-refractivity contribution in [3.05, 3.63) is 53.8 Å². The highest BCUT2D eigenvalue weighted by atomic mass is 35.5. The molecule has 4 heterocycles. The Labute approximate surface area is 172 Å². The van der Waals surface area contributed by atoms with Gasteiger partial charge in [0.2, 0.25) is 0 Å². The predicted octanol–water partition coefficient (Wildman–Crippen LogP) is 3.11. The number of hydrogen-bond acceptors (Lipinski definition) is 6. The average Bonchev–Trinajstić information content (AvgIpc) is 3.14. The van der Waals surface area contributed by atoms with Crippen LogP contribution in [-0.4, -0.2) is 52.8 Å². The SMILES string of the molecule is CN(c1cccc(N2CC3(CNC3)C2)c1)c1nc2nncn2c2cc(Cl)ccc12. The second kappa shape index (κ2) is 6.05. The van der Waals surface area contributed by atoms with E-state index in [0.717, 1.165) is 48.6 Å². The third-order valence-corrected chi connectivity index (χ3v) is 6.38. The van der Waals surface area contributed by atoms with Crippen LogP contribution < -0.4 is 15.1 Å². The van der Waals surface area contributed by atoms with Gasteiger partial charge >= 0.3 is 0 Å². The van der Waals surface area contributed by atoms with Crippen LogP contribution in [0.5, 0.6) is 0 Å². The summed E-state index contributed by atoms with van der Waals surface area (Å²) in [4.78, 5) is 9.33. The highest BCUT2D eigenvalue weighted by Gasteiger charge is 2.47. The molecular formula is C21H20ClN7. The van der Waals surface area contributed by atoms with E-state index in [-0.39, 0.29) is 0 Å². The van der Waals surface area contributed by atoms with Crippen LogP contribution in [0.4, 0.5) is 17.2 Å². The van der Waals surface area contributed by atoms with Gasteiger partial charge in [0, 0.05) is 60.4 Å². The van der Waals surface area contributed by atoms with Crippen molar-refractivity contribution >= 4 is 45.5 Å². The van der Waals surface area contributed by atoms with Crippen LogP contribution in [0.25, 0.3) is 16.7 Å². The van der Waals surface area contributed by atoms with Gasteiger partial charge in [-0.25, -0.2) is 0 Å². The molecule has 0 bridgehead atoms. The minimum atomic E-state index is 0.498. The zero-order chi connectivity index (χ0) is 19.6. The number of fused-ring (bicyclic) bond motifs is 3. The van der Waals surface area contributed by atoms with E-state index in [9.17, 15) is 0 Å². The summed E-state index contributed by atoms with van der Waals surface area (Å²) >= 11 is 6.25. The van der Waals surface area contributed by atoms with E-state index >= 15 is 0 Å². The summed E-state index contributed by atoms with van der Waals surface area (Å²) in [6.45, 7) is 4.52. The van der Waals surface area contributed by atoms with Gasteiger partial charge in [-0.05, 0) is 36.4 Å². The molecule has 1 N–H and O–H groups in total. The van der Waals surface area contributed by atoms with Crippen molar-refractivity contribution in [3.63, 3.8) is 0 Å². The molecule has 0 radical (unpaired) electrons. The van der Waals surface area contributed by atoms with Crippen molar-refractivity contribution in [2.45, 2.75) is 0 Å². The zero-order valence-electron chi connectivity index (χ0n) is 16.0. The third kappa shape index (κ3) is 2.58. The predicted molar refractivity (Wildman–Crippen MR) is 115 cm³/mol. The van der Waals surface area contributed by atoms with Gasteiger partial charge in [-0.2, -0.15) is 4.98 Å². The molecule has 0 atom stereocenters. The van der Waals surface area contributed by atoms with Crippen LogP contribution in [0.3, 0.4) is 0 Å². The summed E-state index contributed by atoms with van der Waals surface area (Å²) in [7, 11) is 2.04. The third-order valence-electron chi connectivity index (χ3n) is 6.15. The number of nitrogens with one attached hydrogen (secondary N) is 1.